The molecule has 0 atom stereocenters. The Balaban J connectivity index is 2.37. The van der Waals surface area contributed by atoms with Crippen molar-refractivity contribution in [2.75, 3.05) is 0 Å². The van der Waals surface area contributed by atoms with Crippen molar-refractivity contribution >= 4 is 36.4 Å². The summed E-state index contributed by atoms with van der Waals surface area (Å²) < 4.78 is 2.86. The first-order valence-corrected chi connectivity index (χ1v) is 7.65. The number of hydrogen-bond donors (Lipinski definition) is 0. The van der Waals surface area contributed by atoms with Crippen LogP contribution in [0.5, 0.6) is 0 Å². The molecular weight excluding hydrogens is 265 g/mol. The fraction of sp³-hybridized carbons (Fsp3) is 0. The van der Waals surface area contributed by atoms with Gasteiger partial charge in [0.2, 0.25) is 0 Å². The van der Waals surface area contributed by atoms with Gasteiger partial charge in [0.05, 0.1) is 0 Å². The summed E-state index contributed by atoms with van der Waals surface area (Å²) in [5.74, 6) is 0. The van der Waals surface area contributed by atoms with Gasteiger partial charge in [0.15, 0.2) is 0 Å². The first kappa shape index (κ1) is 11.9. The molecule has 2 aromatic carbocycles. The van der Waals surface area contributed by atoms with Crippen molar-refractivity contribution in [3.05, 3.63) is 72.8 Å². The van der Waals surface area contributed by atoms with Crippen LogP contribution in [0.15, 0.2) is 61.7 Å². The van der Waals surface area contributed by atoms with Gasteiger partial charge in [-0.3, -0.25) is 0 Å². The van der Waals surface area contributed by atoms with Crippen LogP contribution in [0.4, 0.5) is 0 Å². The molecule has 2 rings (SSSR count). The Morgan fingerprint density at radius 2 is 1.12 bits per heavy atom. The third-order valence-electron chi connectivity index (χ3n) is 2.63. The average molecular weight is 279 g/mol. The third kappa shape index (κ3) is 2.77. The van der Waals surface area contributed by atoms with Gasteiger partial charge in [-0.05, 0) is 0 Å². The third-order valence-corrected chi connectivity index (χ3v) is 5.67. The predicted octanol–water partition coefficient (Wildman–Crippen LogP) is 2.63. The Bertz CT molecular complexity index is 491. The molecule has 0 aliphatic rings. The maximum absolute atomic E-state index is 3.88. The summed E-state index contributed by atoms with van der Waals surface area (Å²) in [6, 6.07) is 17.0. The van der Waals surface area contributed by atoms with Gasteiger partial charge in [-0.15, -0.1) is 0 Å². The fourth-order valence-electron chi connectivity index (χ4n) is 1.72. The Hall–Kier alpha value is -1.54. The summed E-state index contributed by atoms with van der Waals surface area (Å²) in [5.41, 5.74) is 2.51. The van der Waals surface area contributed by atoms with Crippen molar-refractivity contribution < 1.29 is 0 Å². The van der Waals surface area contributed by atoms with Crippen molar-refractivity contribution in [1.82, 2.24) is 0 Å². The summed E-state index contributed by atoms with van der Waals surface area (Å²) in [5, 5.41) is 0. The first-order valence-electron chi connectivity index (χ1n) is 5.55. The van der Waals surface area contributed by atoms with E-state index in [2.05, 4.69) is 61.7 Å². The molecule has 1 heteroatoms. The van der Waals surface area contributed by atoms with Crippen LogP contribution in [-0.4, -0.2) is 15.4 Å². The van der Waals surface area contributed by atoms with E-state index in [0.29, 0.717) is 0 Å². The van der Waals surface area contributed by atoms with Crippen LogP contribution in [0.3, 0.4) is 0 Å². The van der Waals surface area contributed by atoms with E-state index in [1.165, 1.54) is 19.9 Å². The monoisotopic (exact) mass is 280 g/mol. The van der Waals surface area contributed by atoms with E-state index < -0.39 is 0 Å². The number of hydrogen-bond acceptors (Lipinski definition) is 0. The number of benzene rings is 2. The molecule has 2 radical (unpaired) electrons. The zero-order valence-corrected chi connectivity index (χ0v) is 11.8. The quantitative estimate of drug-likeness (QED) is 0.755. The molecule has 0 saturated heterocycles. The maximum atomic E-state index is 3.88. The Kier molecular flexibility index (Phi) is 3.99. The van der Waals surface area contributed by atoms with Crippen LogP contribution in [0.25, 0.3) is 12.2 Å². The summed E-state index contributed by atoms with van der Waals surface area (Å²) in [4.78, 5) is 0. The molecular formula is C16H14Ge. The van der Waals surface area contributed by atoms with Gasteiger partial charge < -0.3 is 0 Å². The van der Waals surface area contributed by atoms with Gasteiger partial charge in [-0.1, -0.05) is 0 Å². The molecule has 0 N–H and O–H groups in total. The van der Waals surface area contributed by atoms with Crippen LogP contribution in [0.2, 0.25) is 0 Å². The Morgan fingerprint density at radius 3 is 1.53 bits per heavy atom. The van der Waals surface area contributed by atoms with Gasteiger partial charge >= 0.3 is 109 Å². The molecule has 82 valence electrons. The van der Waals surface area contributed by atoms with Gasteiger partial charge in [-0.2, -0.15) is 0 Å². The van der Waals surface area contributed by atoms with E-state index in [9.17, 15) is 0 Å². The van der Waals surface area contributed by atoms with Crippen LogP contribution in [0, 0.1) is 0 Å². The van der Waals surface area contributed by atoms with E-state index in [-0.39, 0.29) is 15.4 Å². The second-order valence-electron chi connectivity index (χ2n) is 3.71. The van der Waals surface area contributed by atoms with E-state index in [1.54, 1.807) is 0 Å². The SMILES string of the molecule is C=Cc1cccc[c]1[Ge][c]1ccccc1C=C. The van der Waals surface area contributed by atoms with E-state index in [1.807, 2.05) is 12.2 Å². The van der Waals surface area contributed by atoms with E-state index >= 15 is 0 Å². The standard InChI is InChI=1S/C16H14Ge/c1-3-13-9-5-7-11-15(13)17-16-12-8-6-10-14(16)4-2/h3-12H,1-2H2. The molecule has 0 unspecified atom stereocenters. The van der Waals surface area contributed by atoms with Gasteiger partial charge in [0, 0.05) is 0 Å². The topological polar surface area (TPSA) is 0 Å². The Morgan fingerprint density at radius 1 is 0.706 bits per heavy atom. The molecule has 0 fully saturated rings. The molecule has 0 aliphatic heterocycles. The molecule has 0 amide bonds. The second-order valence-corrected chi connectivity index (χ2v) is 6.49. The summed E-state index contributed by atoms with van der Waals surface area (Å²) >= 11 is -0.319. The molecule has 0 spiro atoms. The zero-order valence-electron chi connectivity index (χ0n) is 9.69. The summed E-state index contributed by atoms with van der Waals surface area (Å²) in [6.07, 6.45) is 3.88. The normalized spacial score (nSPS) is 9.88. The fourth-order valence-corrected chi connectivity index (χ4v) is 4.47. The van der Waals surface area contributed by atoms with Crippen LogP contribution >= 0.6 is 0 Å². The van der Waals surface area contributed by atoms with Crippen molar-refractivity contribution in [2.45, 2.75) is 0 Å². The van der Waals surface area contributed by atoms with E-state index in [0.717, 1.165) is 0 Å². The van der Waals surface area contributed by atoms with Crippen molar-refractivity contribution in [3.63, 3.8) is 0 Å². The van der Waals surface area contributed by atoms with Gasteiger partial charge in [-0.25, -0.2) is 0 Å². The predicted molar refractivity (Wildman–Crippen MR) is 78.1 cm³/mol. The molecule has 2 aromatic rings. The summed E-state index contributed by atoms with van der Waals surface area (Å²) in [6.45, 7) is 7.75. The molecule has 0 heterocycles. The molecule has 0 saturated carbocycles. The zero-order chi connectivity index (χ0) is 12.1. The molecule has 0 bridgehead atoms. The van der Waals surface area contributed by atoms with Gasteiger partial charge in [0.1, 0.15) is 0 Å². The van der Waals surface area contributed by atoms with E-state index in [4.69, 9.17) is 0 Å². The molecule has 0 aromatic heterocycles. The van der Waals surface area contributed by atoms with Gasteiger partial charge in [0.25, 0.3) is 0 Å². The second kappa shape index (κ2) is 5.69. The minimum absolute atomic E-state index is 0.319. The average Bonchev–Trinajstić information content (AvgIpc) is 2.40. The first-order chi connectivity index (χ1) is 8.35. The van der Waals surface area contributed by atoms with Crippen LogP contribution in [-0.2, 0) is 0 Å². The van der Waals surface area contributed by atoms with Crippen LogP contribution in [0.1, 0.15) is 11.1 Å². The van der Waals surface area contributed by atoms with Crippen LogP contribution < -0.4 is 8.79 Å². The molecule has 0 aliphatic carbocycles. The summed E-state index contributed by atoms with van der Waals surface area (Å²) in [7, 11) is 0. The minimum atomic E-state index is -0.319. The van der Waals surface area contributed by atoms with Crippen molar-refractivity contribution in [1.29, 1.82) is 0 Å². The van der Waals surface area contributed by atoms with Crippen molar-refractivity contribution in [3.8, 4) is 0 Å². The Labute approximate surface area is 109 Å². The molecule has 0 nitrogen and oxygen atoms in total. The number of rotatable bonds is 4. The van der Waals surface area contributed by atoms with Crippen molar-refractivity contribution in [2.24, 2.45) is 0 Å². The molecule has 17 heavy (non-hydrogen) atoms.